The molecular weight excluding hydrogens is 296 g/mol. The van der Waals surface area contributed by atoms with E-state index in [0.717, 1.165) is 28.7 Å². The summed E-state index contributed by atoms with van der Waals surface area (Å²) in [5.74, 6) is -0.333. The molecule has 1 aliphatic rings. The molecule has 2 amide bonds. The van der Waals surface area contributed by atoms with Gasteiger partial charge >= 0.3 is 0 Å². The zero-order chi connectivity index (χ0) is 15.5. The van der Waals surface area contributed by atoms with Crippen molar-refractivity contribution in [3.63, 3.8) is 0 Å². The summed E-state index contributed by atoms with van der Waals surface area (Å²) in [5.41, 5.74) is 3.04. The van der Waals surface area contributed by atoms with Crippen molar-refractivity contribution in [2.75, 3.05) is 11.9 Å². The van der Waals surface area contributed by atoms with Crippen LogP contribution in [0.15, 0.2) is 59.5 Å². The van der Waals surface area contributed by atoms with E-state index >= 15 is 0 Å². The second-order valence-electron chi connectivity index (χ2n) is 4.84. The van der Waals surface area contributed by atoms with Gasteiger partial charge in [0.05, 0.1) is 4.91 Å². The summed E-state index contributed by atoms with van der Waals surface area (Å²) >= 11 is 0.927. The van der Waals surface area contributed by atoms with Crippen molar-refractivity contribution < 1.29 is 9.59 Å². The number of carbonyl (C=O) groups is 2. The van der Waals surface area contributed by atoms with Crippen LogP contribution in [0.1, 0.15) is 5.56 Å². The average molecular weight is 310 g/mol. The zero-order valence-electron chi connectivity index (χ0n) is 11.9. The topological polar surface area (TPSA) is 49.4 Å². The Labute approximate surface area is 132 Å². The summed E-state index contributed by atoms with van der Waals surface area (Å²) in [5, 5.41) is 1.92. The molecule has 1 aliphatic heterocycles. The number of imide groups is 1. The van der Waals surface area contributed by atoms with E-state index in [2.05, 4.69) is 10.2 Å². The second kappa shape index (κ2) is 6.07. The molecule has 4 nitrogen and oxygen atoms in total. The van der Waals surface area contributed by atoms with Crippen LogP contribution < -0.4 is 10.2 Å². The molecule has 5 heteroatoms. The van der Waals surface area contributed by atoms with Gasteiger partial charge in [-0.1, -0.05) is 30.3 Å². The monoisotopic (exact) mass is 310 g/mol. The summed E-state index contributed by atoms with van der Waals surface area (Å²) in [6, 6.07) is 17.9. The van der Waals surface area contributed by atoms with Crippen molar-refractivity contribution in [2.24, 2.45) is 0 Å². The van der Waals surface area contributed by atoms with Crippen molar-refractivity contribution in [3.05, 3.63) is 65.1 Å². The summed E-state index contributed by atoms with van der Waals surface area (Å²) in [7, 11) is 2.00. The van der Waals surface area contributed by atoms with Gasteiger partial charge in [-0.05, 0) is 47.7 Å². The van der Waals surface area contributed by atoms with Gasteiger partial charge in [-0.15, -0.1) is 0 Å². The van der Waals surface area contributed by atoms with E-state index in [4.69, 9.17) is 0 Å². The van der Waals surface area contributed by atoms with Gasteiger partial charge in [0.15, 0.2) is 0 Å². The fourth-order valence-corrected chi connectivity index (χ4v) is 2.85. The van der Waals surface area contributed by atoms with Gasteiger partial charge in [-0.2, -0.15) is 0 Å². The van der Waals surface area contributed by atoms with Crippen molar-refractivity contribution in [2.45, 2.75) is 0 Å². The number of thioether (sulfide) groups is 1. The molecule has 1 fully saturated rings. The number of nitrogens with zero attached hydrogens (tertiary/aromatic N) is 1. The third-order valence-electron chi connectivity index (χ3n) is 3.36. The van der Waals surface area contributed by atoms with Crippen LogP contribution in [0.2, 0.25) is 0 Å². The van der Waals surface area contributed by atoms with E-state index in [9.17, 15) is 9.59 Å². The third kappa shape index (κ3) is 3.04. The minimum atomic E-state index is -0.333. The maximum absolute atomic E-state index is 11.5. The van der Waals surface area contributed by atoms with E-state index in [1.807, 2.05) is 61.6 Å². The van der Waals surface area contributed by atoms with E-state index in [-0.39, 0.29) is 11.1 Å². The standard InChI is InChI=1S/C17H14N2O2S/c1-19(13-5-3-2-4-6-13)14-9-7-12(8-10-14)11-15-16(20)18-17(21)22-15/h2-11H,1H3,(H,18,20,21)/b15-11-. The van der Waals surface area contributed by atoms with Crippen LogP contribution >= 0.6 is 11.8 Å². The van der Waals surface area contributed by atoms with Crippen molar-refractivity contribution in [1.82, 2.24) is 5.32 Å². The SMILES string of the molecule is CN(c1ccccc1)c1ccc(/C=C2\SC(=O)NC2=O)cc1. The molecule has 0 unspecified atom stereocenters. The fourth-order valence-electron chi connectivity index (χ4n) is 2.17. The molecule has 0 aromatic heterocycles. The number of anilines is 2. The first-order valence-corrected chi connectivity index (χ1v) is 7.59. The molecule has 1 heterocycles. The highest BCUT2D eigenvalue weighted by Crippen LogP contribution is 2.27. The molecule has 110 valence electrons. The first-order valence-electron chi connectivity index (χ1n) is 6.77. The average Bonchev–Trinajstić information content (AvgIpc) is 2.86. The number of hydrogen-bond donors (Lipinski definition) is 1. The van der Waals surface area contributed by atoms with Crippen molar-refractivity contribution in [1.29, 1.82) is 0 Å². The Kier molecular flexibility index (Phi) is 3.98. The number of benzene rings is 2. The zero-order valence-corrected chi connectivity index (χ0v) is 12.8. The van der Waals surface area contributed by atoms with E-state index in [1.165, 1.54) is 0 Å². The molecule has 22 heavy (non-hydrogen) atoms. The van der Waals surface area contributed by atoms with Crippen LogP contribution in [0.5, 0.6) is 0 Å². The molecule has 0 spiro atoms. The van der Waals surface area contributed by atoms with Gasteiger partial charge in [0, 0.05) is 18.4 Å². The van der Waals surface area contributed by atoms with Crippen LogP contribution in [0.4, 0.5) is 16.2 Å². The molecule has 0 aliphatic carbocycles. The quantitative estimate of drug-likeness (QED) is 0.877. The van der Waals surface area contributed by atoms with E-state index in [0.29, 0.717) is 4.91 Å². The molecule has 2 aromatic carbocycles. The first-order chi connectivity index (χ1) is 10.6. The number of carbonyl (C=O) groups excluding carboxylic acids is 2. The number of nitrogens with one attached hydrogen (secondary N) is 1. The Hall–Kier alpha value is -2.53. The lowest BCUT2D eigenvalue weighted by Crippen LogP contribution is -2.17. The van der Waals surface area contributed by atoms with Gasteiger partial charge < -0.3 is 4.90 Å². The van der Waals surface area contributed by atoms with Crippen LogP contribution in [0.3, 0.4) is 0 Å². The predicted octanol–water partition coefficient (Wildman–Crippen LogP) is 3.78. The molecule has 0 saturated carbocycles. The summed E-state index contributed by atoms with van der Waals surface area (Å²) in [4.78, 5) is 25.2. The number of amides is 2. The Morgan fingerprint density at radius 2 is 1.59 bits per heavy atom. The lowest BCUT2D eigenvalue weighted by molar-refractivity contribution is -0.115. The van der Waals surface area contributed by atoms with Gasteiger partial charge in [-0.3, -0.25) is 14.9 Å². The summed E-state index contributed by atoms with van der Waals surface area (Å²) in [6.07, 6.45) is 1.72. The van der Waals surface area contributed by atoms with Gasteiger partial charge in [0.2, 0.25) is 0 Å². The van der Waals surface area contributed by atoms with Crippen molar-refractivity contribution >= 4 is 40.4 Å². The van der Waals surface area contributed by atoms with Crippen LogP contribution in [0, 0.1) is 0 Å². The maximum atomic E-state index is 11.5. The molecule has 0 atom stereocenters. The molecule has 0 bridgehead atoms. The molecule has 3 rings (SSSR count). The Balaban J connectivity index is 1.80. The van der Waals surface area contributed by atoms with Gasteiger partial charge in [0.25, 0.3) is 11.1 Å². The third-order valence-corrected chi connectivity index (χ3v) is 4.17. The van der Waals surface area contributed by atoms with Crippen LogP contribution in [-0.4, -0.2) is 18.2 Å². The van der Waals surface area contributed by atoms with Crippen LogP contribution in [0.25, 0.3) is 6.08 Å². The normalized spacial score (nSPS) is 16.0. The van der Waals surface area contributed by atoms with Gasteiger partial charge in [-0.25, -0.2) is 0 Å². The molecule has 1 N–H and O–H groups in total. The number of hydrogen-bond acceptors (Lipinski definition) is 4. The van der Waals surface area contributed by atoms with E-state index in [1.54, 1.807) is 6.08 Å². The smallest absolute Gasteiger partial charge is 0.290 e. The Bertz CT molecular complexity index is 739. The highest BCUT2D eigenvalue weighted by Gasteiger charge is 2.24. The number of rotatable bonds is 3. The first kappa shape index (κ1) is 14.4. The largest absolute Gasteiger partial charge is 0.345 e. The molecule has 2 aromatic rings. The highest BCUT2D eigenvalue weighted by atomic mass is 32.2. The molecule has 1 saturated heterocycles. The molecular formula is C17H14N2O2S. The minimum Gasteiger partial charge on any atom is -0.345 e. The maximum Gasteiger partial charge on any atom is 0.290 e. The fraction of sp³-hybridized carbons (Fsp3) is 0.0588. The Morgan fingerprint density at radius 3 is 2.18 bits per heavy atom. The lowest BCUT2D eigenvalue weighted by atomic mass is 10.1. The lowest BCUT2D eigenvalue weighted by Gasteiger charge is -2.19. The predicted molar refractivity (Wildman–Crippen MR) is 90.1 cm³/mol. The minimum absolute atomic E-state index is 0.323. The summed E-state index contributed by atoms with van der Waals surface area (Å²) < 4.78 is 0. The number of para-hydroxylation sites is 1. The summed E-state index contributed by atoms with van der Waals surface area (Å²) in [6.45, 7) is 0. The second-order valence-corrected chi connectivity index (χ2v) is 5.85. The molecule has 0 radical (unpaired) electrons. The van der Waals surface area contributed by atoms with Crippen molar-refractivity contribution in [3.8, 4) is 0 Å². The van der Waals surface area contributed by atoms with Crippen LogP contribution in [-0.2, 0) is 4.79 Å². The van der Waals surface area contributed by atoms with Gasteiger partial charge in [0.1, 0.15) is 0 Å². The Morgan fingerprint density at radius 1 is 0.955 bits per heavy atom. The van der Waals surface area contributed by atoms with E-state index < -0.39 is 0 Å². The highest BCUT2D eigenvalue weighted by molar-refractivity contribution is 8.18.